The van der Waals surface area contributed by atoms with Crippen LogP contribution in [0.2, 0.25) is 0 Å². The van der Waals surface area contributed by atoms with Crippen molar-refractivity contribution in [2.24, 2.45) is 0 Å². The van der Waals surface area contributed by atoms with E-state index in [-0.39, 0.29) is 0 Å². The van der Waals surface area contributed by atoms with E-state index in [9.17, 15) is 0 Å². The fourth-order valence-corrected chi connectivity index (χ4v) is 2.34. The number of anilines is 1. The quantitative estimate of drug-likeness (QED) is 0.797. The predicted molar refractivity (Wildman–Crippen MR) is 67.6 cm³/mol. The molecule has 0 radical (unpaired) electrons. The third-order valence-corrected chi connectivity index (χ3v) is 3.17. The minimum Gasteiger partial charge on any atom is -0.384 e. The van der Waals surface area contributed by atoms with Crippen molar-refractivity contribution in [2.75, 3.05) is 12.3 Å². The molecule has 1 aromatic rings. The summed E-state index contributed by atoms with van der Waals surface area (Å²) in [5.74, 6) is 1.86. The Morgan fingerprint density at radius 2 is 2.12 bits per heavy atom. The van der Waals surface area contributed by atoms with Crippen LogP contribution in [0.3, 0.4) is 0 Å². The molecule has 17 heavy (non-hydrogen) atoms. The summed E-state index contributed by atoms with van der Waals surface area (Å²) >= 11 is 0. The zero-order valence-electron chi connectivity index (χ0n) is 10.5. The molecular formula is C13H21N3O. The second-order valence-electron chi connectivity index (χ2n) is 4.67. The molecule has 0 amide bonds. The van der Waals surface area contributed by atoms with Crippen LogP contribution in [-0.2, 0) is 11.3 Å². The van der Waals surface area contributed by atoms with E-state index in [1.807, 2.05) is 6.07 Å². The topological polar surface area (TPSA) is 61.0 Å². The third-order valence-electron chi connectivity index (χ3n) is 3.17. The Labute approximate surface area is 103 Å². The molecule has 0 aliphatic heterocycles. The van der Waals surface area contributed by atoms with Crippen molar-refractivity contribution in [2.45, 2.75) is 51.6 Å². The lowest BCUT2D eigenvalue weighted by Gasteiger charge is -2.11. The van der Waals surface area contributed by atoms with Crippen LogP contribution in [0.4, 0.5) is 5.82 Å². The summed E-state index contributed by atoms with van der Waals surface area (Å²) in [4.78, 5) is 8.79. The summed E-state index contributed by atoms with van der Waals surface area (Å²) in [6, 6.07) is 1.92. The van der Waals surface area contributed by atoms with E-state index in [0.29, 0.717) is 18.3 Å². The Hall–Kier alpha value is -1.16. The number of aromatic nitrogens is 2. The van der Waals surface area contributed by atoms with E-state index in [0.717, 1.165) is 24.5 Å². The summed E-state index contributed by atoms with van der Waals surface area (Å²) in [6.07, 6.45) is 6.07. The Morgan fingerprint density at radius 1 is 1.35 bits per heavy atom. The van der Waals surface area contributed by atoms with Crippen molar-refractivity contribution in [1.82, 2.24) is 9.97 Å². The standard InChI is InChI=1S/C13H21N3O/c1-2-7-17-9-13-15-11(8-12(14)16-13)10-5-3-4-6-10/h8,10H,2-7,9H2,1H3,(H2,14,15,16). The zero-order valence-corrected chi connectivity index (χ0v) is 10.5. The summed E-state index contributed by atoms with van der Waals surface area (Å²) in [5.41, 5.74) is 6.93. The first-order valence-electron chi connectivity index (χ1n) is 6.50. The van der Waals surface area contributed by atoms with Crippen molar-refractivity contribution in [3.63, 3.8) is 0 Å². The number of hydrogen-bond acceptors (Lipinski definition) is 4. The molecule has 1 aliphatic carbocycles. The second kappa shape index (κ2) is 5.96. The Balaban J connectivity index is 2.05. The van der Waals surface area contributed by atoms with Gasteiger partial charge in [-0.25, -0.2) is 9.97 Å². The van der Waals surface area contributed by atoms with Crippen LogP contribution in [0.5, 0.6) is 0 Å². The van der Waals surface area contributed by atoms with Gasteiger partial charge in [-0.15, -0.1) is 0 Å². The molecule has 2 N–H and O–H groups in total. The molecule has 0 saturated heterocycles. The average Bonchev–Trinajstić information content (AvgIpc) is 2.82. The zero-order chi connectivity index (χ0) is 12.1. The summed E-state index contributed by atoms with van der Waals surface area (Å²) in [7, 11) is 0. The fourth-order valence-electron chi connectivity index (χ4n) is 2.34. The number of nitrogens with zero attached hydrogens (tertiary/aromatic N) is 2. The van der Waals surface area contributed by atoms with Crippen molar-refractivity contribution >= 4 is 5.82 Å². The van der Waals surface area contributed by atoms with Crippen LogP contribution in [0.1, 0.15) is 56.5 Å². The maximum Gasteiger partial charge on any atom is 0.156 e. The Kier molecular flexibility index (Phi) is 4.31. The van der Waals surface area contributed by atoms with Gasteiger partial charge in [0.05, 0.1) is 0 Å². The maximum absolute atomic E-state index is 5.82. The van der Waals surface area contributed by atoms with Crippen molar-refractivity contribution in [3.8, 4) is 0 Å². The van der Waals surface area contributed by atoms with Gasteiger partial charge in [-0.1, -0.05) is 19.8 Å². The average molecular weight is 235 g/mol. The predicted octanol–water partition coefficient (Wildman–Crippen LogP) is 2.64. The normalized spacial score (nSPS) is 16.5. The first kappa shape index (κ1) is 12.3. The third kappa shape index (κ3) is 3.40. The number of nitrogens with two attached hydrogens (primary N) is 1. The Morgan fingerprint density at radius 3 is 2.82 bits per heavy atom. The first-order valence-corrected chi connectivity index (χ1v) is 6.50. The number of nitrogen functional groups attached to an aromatic ring is 1. The van der Waals surface area contributed by atoms with Gasteiger partial charge in [0.2, 0.25) is 0 Å². The largest absolute Gasteiger partial charge is 0.384 e. The lowest BCUT2D eigenvalue weighted by Crippen LogP contribution is -2.07. The fraction of sp³-hybridized carbons (Fsp3) is 0.692. The van der Waals surface area contributed by atoms with Crippen LogP contribution >= 0.6 is 0 Å². The van der Waals surface area contributed by atoms with Crippen LogP contribution < -0.4 is 5.73 Å². The highest BCUT2D eigenvalue weighted by Crippen LogP contribution is 2.33. The highest BCUT2D eigenvalue weighted by Gasteiger charge is 2.19. The maximum atomic E-state index is 5.82. The lowest BCUT2D eigenvalue weighted by molar-refractivity contribution is 0.116. The number of ether oxygens (including phenoxy) is 1. The first-order chi connectivity index (χ1) is 8.29. The molecular weight excluding hydrogens is 214 g/mol. The number of rotatable bonds is 5. The van der Waals surface area contributed by atoms with Gasteiger partial charge in [0.15, 0.2) is 5.82 Å². The molecule has 0 bridgehead atoms. The smallest absolute Gasteiger partial charge is 0.156 e. The van der Waals surface area contributed by atoms with E-state index in [1.54, 1.807) is 0 Å². The van der Waals surface area contributed by atoms with Gasteiger partial charge in [-0.3, -0.25) is 0 Å². The van der Waals surface area contributed by atoms with Gasteiger partial charge in [-0.2, -0.15) is 0 Å². The van der Waals surface area contributed by atoms with Gasteiger partial charge in [0, 0.05) is 24.3 Å². The molecule has 0 atom stereocenters. The molecule has 1 fully saturated rings. The van der Waals surface area contributed by atoms with E-state index >= 15 is 0 Å². The molecule has 1 heterocycles. The molecule has 1 aliphatic rings. The molecule has 94 valence electrons. The van der Waals surface area contributed by atoms with Crippen LogP contribution in [-0.4, -0.2) is 16.6 Å². The van der Waals surface area contributed by atoms with Gasteiger partial charge in [-0.05, 0) is 19.3 Å². The van der Waals surface area contributed by atoms with Gasteiger partial charge >= 0.3 is 0 Å². The monoisotopic (exact) mass is 235 g/mol. The Bertz CT molecular complexity index is 362. The number of hydrogen-bond donors (Lipinski definition) is 1. The van der Waals surface area contributed by atoms with Crippen molar-refractivity contribution < 1.29 is 4.74 Å². The SMILES string of the molecule is CCCOCc1nc(N)cc(C2CCCC2)n1. The summed E-state index contributed by atoms with van der Waals surface area (Å²) < 4.78 is 5.46. The van der Waals surface area contributed by atoms with Gasteiger partial charge < -0.3 is 10.5 Å². The van der Waals surface area contributed by atoms with Crippen LogP contribution in [0, 0.1) is 0 Å². The molecule has 0 aromatic carbocycles. The molecule has 4 heteroatoms. The van der Waals surface area contributed by atoms with Crippen molar-refractivity contribution in [1.29, 1.82) is 0 Å². The second-order valence-corrected chi connectivity index (χ2v) is 4.67. The highest BCUT2D eigenvalue weighted by atomic mass is 16.5. The minimum atomic E-state index is 0.471. The van der Waals surface area contributed by atoms with E-state index in [4.69, 9.17) is 10.5 Å². The molecule has 1 saturated carbocycles. The van der Waals surface area contributed by atoms with Crippen molar-refractivity contribution in [3.05, 3.63) is 17.6 Å². The van der Waals surface area contributed by atoms with Crippen LogP contribution in [0.25, 0.3) is 0 Å². The lowest BCUT2D eigenvalue weighted by atomic mass is 10.0. The molecule has 0 spiro atoms. The van der Waals surface area contributed by atoms with Crippen LogP contribution in [0.15, 0.2) is 6.07 Å². The molecule has 4 nitrogen and oxygen atoms in total. The molecule has 1 aromatic heterocycles. The van der Waals surface area contributed by atoms with E-state index in [2.05, 4.69) is 16.9 Å². The van der Waals surface area contributed by atoms with E-state index < -0.39 is 0 Å². The highest BCUT2D eigenvalue weighted by molar-refractivity contribution is 5.31. The minimum absolute atomic E-state index is 0.471. The molecule has 0 unspecified atom stereocenters. The summed E-state index contributed by atoms with van der Waals surface area (Å²) in [5, 5.41) is 0. The molecule has 2 rings (SSSR count). The van der Waals surface area contributed by atoms with Gasteiger partial charge in [0.1, 0.15) is 12.4 Å². The summed E-state index contributed by atoms with van der Waals surface area (Å²) in [6.45, 7) is 3.31. The van der Waals surface area contributed by atoms with E-state index in [1.165, 1.54) is 25.7 Å². The van der Waals surface area contributed by atoms with Gasteiger partial charge in [0.25, 0.3) is 0 Å².